The molecule has 0 unspecified atom stereocenters. The summed E-state index contributed by atoms with van der Waals surface area (Å²) in [6.07, 6.45) is 1.94. The fourth-order valence-corrected chi connectivity index (χ4v) is 1.38. The van der Waals surface area contributed by atoms with Crippen LogP contribution in [-0.4, -0.2) is 21.3 Å². The second-order valence-electron chi connectivity index (χ2n) is 2.63. The molecule has 0 fully saturated rings. The van der Waals surface area contributed by atoms with E-state index < -0.39 is 17.5 Å². The van der Waals surface area contributed by atoms with Gasteiger partial charge in [0.1, 0.15) is 10.8 Å². The summed E-state index contributed by atoms with van der Waals surface area (Å²) in [6.45, 7) is 0. The third-order valence-corrected chi connectivity index (χ3v) is 2.25. The molecule has 0 saturated heterocycles. The molecule has 0 aromatic heterocycles. The smallest absolute Gasteiger partial charge is 0.328 e. The van der Waals surface area contributed by atoms with Gasteiger partial charge in [-0.1, -0.05) is 23.2 Å². The molecule has 6 heteroatoms. The molecule has 0 heterocycles. The molecule has 0 spiro atoms. The molecule has 1 aromatic carbocycles. The largest absolute Gasteiger partial charge is 0.506 e. The Morgan fingerprint density at radius 1 is 1.27 bits per heavy atom. The molecule has 15 heavy (non-hydrogen) atoms. The van der Waals surface area contributed by atoms with Gasteiger partial charge in [0.25, 0.3) is 0 Å². The molecule has 0 aliphatic rings. The predicted molar refractivity (Wildman–Crippen MR) is 56.5 cm³/mol. The van der Waals surface area contributed by atoms with Crippen LogP contribution in [0.1, 0.15) is 5.56 Å². The number of benzene rings is 1. The molecule has 0 aliphatic heterocycles. The number of aromatic hydroxyl groups is 2. The maximum Gasteiger partial charge on any atom is 0.328 e. The number of hydrogen-bond donors (Lipinski definition) is 3. The van der Waals surface area contributed by atoms with Crippen molar-refractivity contribution < 1.29 is 20.1 Å². The van der Waals surface area contributed by atoms with Crippen LogP contribution in [0.2, 0.25) is 10.0 Å². The predicted octanol–water partition coefficient (Wildman–Crippen LogP) is 2.50. The fraction of sp³-hybridized carbons (Fsp3) is 0. The van der Waals surface area contributed by atoms with Gasteiger partial charge in [0.05, 0.1) is 5.02 Å². The highest BCUT2D eigenvalue weighted by Gasteiger charge is 2.12. The molecule has 1 rings (SSSR count). The number of carboxylic acid groups (broad SMARTS) is 1. The van der Waals surface area contributed by atoms with Crippen LogP contribution >= 0.6 is 23.2 Å². The van der Waals surface area contributed by atoms with Gasteiger partial charge in [-0.05, 0) is 12.1 Å². The van der Waals surface area contributed by atoms with Crippen molar-refractivity contribution in [3.05, 3.63) is 27.8 Å². The van der Waals surface area contributed by atoms with Gasteiger partial charge in [0.2, 0.25) is 0 Å². The summed E-state index contributed by atoms with van der Waals surface area (Å²) in [7, 11) is 0. The van der Waals surface area contributed by atoms with Gasteiger partial charge in [0, 0.05) is 11.6 Å². The summed E-state index contributed by atoms with van der Waals surface area (Å²) in [5.41, 5.74) is 0.116. The molecular weight excluding hydrogens is 243 g/mol. The molecule has 80 valence electrons. The zero-order valence-corrected chi connectivity index (χ0v) is 8.75. The van der Waals surface area contributed by atoms with Crippen LogP contribution < -0.4 is 0 Å². The lowest BCUT2D eigenvalue weighted by Crippen LogP contribution is -1.86. The number of phenolic OH excluding ortho intramolecular Hbond substituents is 2. The molecule has 0 saturated carbocycles. The Morgan fingerprint density at radius 3 is 2.40 bits per heavy atom. The van der Waals surface area contributed by atoms with E-state index in [1.807, 2.05) is 0 Å². The SMILES string of the molecule is O=C(O)/C=C/c1cc(Cl)c(O)c(Cl)c1O. The minimum atomic E-state index is -1.17. The summed E-state index contributed by atoms with van der Waals surface area (Å²) in [4.78, 5) is 10.2. The summed E-state index contributed by atoms with van der Waals surface area (Å²) >= 11 is 11.1. The Bertz CT molecular complexity index is 440. The highest BCUT2D eigenvalue weighted by molar-refractivity contribution is 6.38. The zero-order chi connectivity index (χ0) is 11.6. The Hall–Kier alpha value is -1.39. The number of hydrogen-bond acceptors (Lipinski definition) is 3. The lowest BCUT2D eigenvalue weighted by atomic mass is 10.1. The van der Waals surface area contributed by atoms with Gasteiger partial charge in [-0.3, -0.25) is 0 Å². The van der Waals surface area contributed by atoms with Crippen molar-refractivity contribution >= 4 is 35.2 Å². The van der Waals surface area contributed by atoms with Crippen LogP contribution in [0.25, 0.3) is 6.08 Å². The van der Waals surface area contributed by atoms with Crippen LogP contribution in [0.3, 0.4) is 0 Å². The average Bonchev–Trinajstić information content (AvgIpc) is 2.18. The molecule has 0 atom stereocenters. The minimum absolute atomic E-state index is 0.0668. The van der Waals surface area contributed by atoms with Crippen molar-refractivity contribution in [2.75, 3.05) is 0 Å². The van der Waals surface area contributed by atoms with Crippen molar-refractivity contribution in [3.8, 4) is 11.5 Å². The first-order valence-electron chi connectivity index (χ1n) is 3.74. The molecule has 0 bridgehead atoms. The molecule has 4 nitrogen and oxygen atoms in total. The van der Waals surface area contributed by atoms with Crippen molar-refractivity contribution in [1.82, 2.24) is 0 Å². The quantitative estimate of drug-likeness (QED) is 0.703. The monoisotopic (exact) mass is 248 g/mol. The van der Waals surface area contributed by atoms with E-state index >= 15 is 0 Å². The first kappa shape index (κ1) is 11.7. The number of carboxylic acids is 1. The maximum atomic E-state index is 10.2. The highest BCUT2D eigenvalue weighted by atomic mass is 35.5. The number of phenols is 2. The minimum Gasteiger partial charge on any atom is -0.506 e. The Balaban J connectivity index is 3.26. The topological polar surface area (TPSA) is 77.8 Å². The van der Waals surface area contributed by atoms with Gasteiger partial charge in [-0.25, -0.2) is 4.79 Å². The Kier molecular flexibility index (Phi) is 3.44. The summed E-state index contributed by atoms with van der Waals surface area (Å²) in [5, 5.41) is 26.6. The van der Waals surface area contributed by atoms with E-state index in [0.29, 0.717) is 0 Å². The van der Waals surface area contributed by atoms with Gasteiger partial charge in [-0.2, -0.15) is 0 Å². The van der Waals surface area contributed by atoms with Crippen molar-refractivity contribution in [2.45, 2.75) is 0 Å². The highest BCUT2D eigenvalue weighted by Crippen LogP contribution is 2.41. The van der Waals surface area contributed by atoms with Crippen LogP contribution in [-0.2, 0) is 4.79 Å². The normalized spacial score (nSPS) is 10.8. The third-order valence-electron chi connectivity index (χ3n) is 1.60. The molecule has 1 aromatic rings. The molecule has 0 amide bonds. The molecule has 0 radical (unpaired) electrons. The van der Waals surface area contributed by atoms with Gasteiger partial charge >= 0.3 is 5.97 Å². The lowest BCUT2D eigenvalue weighted by Gasteiger charge is -2.05. The number of carbonyl (C=O) groups is 1. The van der Waals surface area contributed by atoms with E-state index in [-0.39, 0.29) is 15.6 Å². The number of rotatable bonds is 2. The number of aliphatic carboxylic acids is 1. The lowest BCUT2D eigenvalue weighted by molar-refractivity contribution is -0.131. The van der Waals surface area contributed by atoms with E-state index in [1.165, 1.54) is 6.07 Å². The third kappa shape index (κ3) is 2.55. The van der Waals surface area contributed by atoms with Gasteiger partial charge in [-0.15, -0.1) is 0 Å². The molecule has 3 N–H and O–H groups in total. The summed E-state index contributed by atoms with van der Waals surface area (Å²) in [5.74, 6) is -2.03. The van der Waals surface area contributed by atoms with Crippen LogP contribution in [0.15, 0.2) is 12.1 Å². The fourth-order valence-electron chi connectivity index (χ4n) is 0.905. The first-order valence-corrected chi connectivity index (χ1v) is 4.50. The van der Waals surface area contributed by atoms with Crippen LogP contribution in [0.5, 0.6) is 11.5 Å². The number of halogens is 2. The van der Waals surface area contributed by atoms with Crippen LogP contribution in [0, 0.1) is 0 Å². The average molecular weight is 249 g/mol. The van der Waals surface area contributed by atoms with Gasteiger partial charge < -0.3 is 15.3 Å². The summed E-state index contributed by atoms with van der Waals surface area (Å²) < 4.78 is 0. The van der Waals surface area contributed by atoms with E-state index in [2.05, 4.69) is 0 Å². The molecular formula is C9H6Cl2O4. The van der Waals surface area contributed by atoms with E-state index in [0.717, 1.165) is 12.2 Å². The van der Waals surface area contributed by atoms with E-state index in [9.17, 15) is 15.0 Å². The zero-order valence-electron chi connectivity index (χ0n) is 7.24. The second kappa shape index (κ2) is 4.42. The van der Waals surface area contributed by atoms with Gasteiger partial charge in [0.15, 0.2) is 5.75 Å². The Labute approximate surface area is 95.0 Å². The van der Waals surface area contributed by atoms with Crippen molar-refractivity contribution in [2.24, 2.45) is 0 Å². The van der Waals surface area contributed by atoms with E-state index in [4.69, 9.17) is 28.3 Å². The molecule has 0 aliphatic carbocycles. The van der Waals surface area contributed by atoms with E-state index in [1.54, 1.807) is 0 Å². The second-order valence-corrected chi connectivity index (χ2v) is 3.42. The van der Waals surface area contributed by atoms with Crippen LogP contribution in [0.4, 0.5) is 0 Å². The maximum absolute atomic E-state index is 10.2. The Morgan fingerprint density at radius 2 is 1.87 bits per heavy atom. The van der Waals surface area contributed by atoms with Crippen molar-refractivity contribution in [1.29, 1.82) is 0 Å². The first-order chi connectivity index (χ1) is 6.93. The summed E-state index contributed by atoms with van der Waals surface area (Å²) in [6, 6.07) is 1.21. The van der Waals surface area contributed by atoms with Crippen molar-refractivity contribution in [3.63, 3.8) is 0 Å². The standard InChI is InChI=1S/C9H6Cl2O4/c10-5-3-4(1-2-6(12)13)8(14)7(11)9(5)15/h1-3,14-15H,(H,12,13)/b2-1+.